The molecule has 0 spiro atoms. The fraction of sp³-hybridized carbons (Fsp3) is 0.650. The molecular formula is C20H35FIN5O2. The van der Waals surface area contributed by atoms with Gasteiger partial charge in [0, 0.05) is 19.3 Å². The number of rotatable bonds is 8. The van der Waals surface area contributed by atoms with Gasteiger partial charge < -0.3 is 20.7 Å². The van der Waals surface area contributed by atoms with Gasteiger partial charge in [-0.1, -0.05) is 13.8 Å². The van der Waals surface area contributed by atoms with E-state index in [0.29, 0.717) is 31.9 Å². The van der Waals surface area contributed by atoms with Crippen molar-refractivity contribution in [3.63, 3.8) is 0 Å². The zero-order chi connectivity index (χ0) is 21.2. The summed E-state index contributed by atoms with van der Waals surface area (Å²) in [7, 11) is 0. The summed E-state index contributed by atoms with van der Waals surface area (Å²) in [4.78, 5) is 20.7. The number of carbonyl (C=O) groups excluding carboxylic acids is 1. The summed E-state index contributed by atoms with van der Waals surface area (Å²) in [6.45, 7) is 12.7. The first-order valence-electron chi connectivity index (χ1n) is 9.77. The fourth-order valence-electron chi connectivity index (χ4n) is 2.52. The van der Waals surface area contributed by atoms with Crippen LogP contribution in [0.1, 0.15) is 60.1 Å². The number of nitrogens with zero attached hydrogens (tertiary/aromatic N) is 2. The zero-order valence-corrected chi connectivity index (χ0v) is 20.6. The topological polar surface area (TPSA) is 87.6 Å². The second-order valence-corrected chi connectivity index (χ2v) is 7.59. The molecule has 1 amide bonds. The highest BCUT2D eigenvalue weighted by atomic mass is 127. The molecule has 0 aliphatic heterocycles. The van der Waals surface area contributed by atoms with E-state index in [1.807, 2.05) is 41.5 Å². The molecule has 0 radical (unpaired) electrons. The van der Waals surface area contributed by atoms with E-state index in [4.69, 9.17) is 4.74 Å². The molecule has 0 aromatic carbocycles. The maximum atomic E-state index is 13.8. The highest BCUT2D eigenvalue weighted by Crippen LogP contribution is 2.16. The molecule has 166 valence electrons. The van der Waals surface area contributed by atoms with Crippen molar-refractivity contribution in [2.45, 2.75) is 72.1 Å². The van der Waals surface area contributed by atoms with Crippen LogP contribution in [0.2, 0.25) is 0 Å². The monoisotopic (exact) mass is 523 g/mol. The summed E-state index contributed by atoms with van der Waals surface area (Å²) in [6, 6.07) is 2.91. The van der Waals surface area contributed by atoms with E-state index in [1.165, 1.54) is 12.3 Å². The number of aliphatic imine (C=N–C) groups is 1. The predicted octanol–water partition coefficient (Wildman–Crippen LogP) is 3.98. The molecule has 0 aliphatic carbocycles. The van der Waals surface area contributed by atoms with Gasteiger partial charge in [-0.3, -0.25) is 4.98 Å². The Balaban J connectivity index is 0.00000784. The van der Waals surface area contributed by atoms with Gasteiger partial charge in [0.1, 0.15) is 11.4 Å². The van der Waals surface area contributed by atoms with Gasteiger partial charge in [0.05, 0.1) is 17.8 Å². The van der Waals surface area contributed by atoms with E-state index < -0.39 is 17.2 Å². The number of guanidine groups is 1. The third-order valence-electron chi connectivity index (χ3n) is 4.28. The Kier molecular flexibility index (Phi) is 12.1. The van der Waals surface area contributed by atoms with Gasteiger partial charge in [-0.15, -0.1) is 24.0 Å². The Morgan fingerprint density at radius 1 is 1.21 bits per heavy atom. The van der Waals surface area contributed by atoms with Crippen LogP contribution in [0.15, 0.2) is 23.3 Å². The summed E-state index contributed by atoms with van der Waals surface area (Å²) in [5, 5.41) is 9.36. The van der Waals surface area contributed by atoms with Crippen molar-refractivity contribution in [3.8, 4) is 0 Å². The molecule has 0 bridgehead atoms. The van der Waals surface area contributed by atoms with Crippen LogP contribution in [0.5, 0.6) is 0 Å². The molecule has 0 aliphatic rings. The van der Waals surface area contributed by atoms with Gasteiger partial charge in [-0.05, 0) is 52.7 Å². The second-order valence-electron chi connectivity index (χ2n) is 7.59. The van der Waals surface area contributed by atoms with Crippen molar-refractivity contribution >= 4 is 36.0 Å². The molecule has 0 saturated carbocycles. The largest absolute Gasteiger partial charge is 0.444 e. The minimum Gasteiger partial charge on any atom is -0.444 e. The van der Waals surface area contributed by atoms with Crippen LogP contribution in [-0.4, -0.2) is 41.3 Å². The van der Waals surface area contributed by atoms with Crippen LogP contribution >= 0.6 is 24.0 Å². The Bertz CT molecular complexity index is 661. The molecule has 0 atom stereocenters. The number of amides is 1. The van der Waals surface area contributed by atoms with E-state index >= 15 is 0 Å². The zero-order valence-electron chi connectivity index (χ0n) is 18.3. The van der Waals surface area contributed by atoms with Crippen molar-refractivity contribution in [1.82, 2.24) is 20.9 Å². The Hall–Kier alpha value is -1.65. The smallest absolute Gasteiger partial charge is 0.408 e. The predicted molar refractivity (Wildman–Crippen MR) is 125 cm³/mol. The molecule has 1 aromatic heterocycles. The van der Waals surface area contributed by atoms with Crippen molar-refractivity contribution in [2.75, 3.05) is 13.1 Å². The third kappa shape index (κ3) is 10.1. The van der Waals surface area contributed by atoms with Crippen molar-refractivity contribution in [1.29, 1.82) is 0 Å². The molecule has 1 heterocycles. The van der Waals surface area contributed by atoms with Crippen LogP contribution in [0.4, 0.5) is 9.18 Å². The third-order valence-corrected chi connectivity index (χ3v) is 4.28. The van der Waals surface area contributed by atoms with Gasteiger partial charge in [-0.25, -0.2) is 14.2 Å². The molecule has 0 saturated heterocycles. The van der Waals surface area contributed by atoms with Crippen LogP contribution < -0.4 is 16.0 Å². The Labute approximate surface area is 190 Å². The number of nitrogens with one attached hydrogen (secondary N) is 3. The average molecular weight is 523 g/mol. The lowest BCUT2D eigenvalue weighted by molar-refractivity contribution is 0.0448. The van der Waals surface area contributed by atoms with Gasteiger partial charge in [0.15, 0.2) is 5.96 Å². The van der Waals surface area contributed by atoms with Crippen LogP contribution in [0, 0.1) is 5.82 Å². The Morgan fingerprint density at radius 2 is 1.86 bits per heavy atom. The standard InChI is InChI=1S/C20H34FN5O2.HI/c1-7-20(8-2,26-18(27)28-19(4,5)6)14-25-17(22-9-3)24-13-16-15(21)11-10-12-23-16;/h10-12H,7-9,13-14H2,1-6H3,(H,26,27)(H2,22,24,25);1H. The van der Waals surface area contributed by atoms with Gasteiger partial charge in [0.25, 0.3) is 0 Å². The number of hydrogen-bond acceptors (Lipinski definition) is 4. The summed E-state index contributed by atoms with van der Waals surface area (Å²) < 4.78 is 19.2. The van der Waals surface area contributed by atoms with Gasteiger partial charge in [0.2, 0.25) is 0 Å². The highest BCUT2D eigenvalue weighted by molar-refractivity contribution is 14.0. The number of alkyl carbamates (subject to hydrolysis) is 1. The number of hydrogen-bond donors (Lipinski definition) is 3. The van der Waals surface area contributed by atoms with E-state index in [0.717, 1.165) is 0 Å². The number of halogens is 2. The molecule has 1 aromatic rings. The second kappa shape index (κ2) is 12.8. The van der Waals surface area contributed by atoms with Crippen LogP contribution in [0.25, 0.3) is 0 Å². The van der Waals surface area contributed by atoms with E-state index in [9.17, 15) is 9.18 Å². The number of pyridine rings is 1. The maximum Gasteiger partial charge on any atom is 0.408 e. The summed E-state index contributed by atoms with van der Waals surface area (Å²) in [6.07, 6.45) is 2.52. The molecule has 29 heavy (non-hydrogen) atoms. The van der Waals surface area contributed by atoms with Crippen LogP contribution in [-0.2, 0) is 11.3 Å². The summed E-state index contributed by atoms with van der Waals surface area (Å²) >= 11 is 0. The van der Waals surface area contributed by atoms with E-state index in [-0.39, 0.29) is 42.0 Å². The number of carbonyl (C=O) groups is 1. The first kappa shape index (κ1) is 27.4. The highest BCUT2D eigenvalue weighted by Gasteiger charge is 2.30. The minimum atomic E-state index is -0.562. The molecule has 0 fully saturated rings. The maximum absolute atomic E-state index is 13.8. The Morgan fingerprint density at radius 3 is 2.38 bits per heavy atom. The quantitative estimate of drug-likeness (QED) is 0.273. The average Bonchev–Trinajstić information content (AvgIpc) is 2.62. The van der Waals surface area contributed by atoms with Crippen molar-refractivity contribution in [3.05, 3.63) is 29.8 Å². The normalized spacial score (nSPS) is 12.0. The molecular weight excluding hydrogens is 488 g/mol. The molecule has 0 unspecified atom stereocenters. The molecule has 3 N–H and O–H groups in total. The first-order valence-corrected chi connectivity index (χ1v) is 9.77. The van der Waals surface area contributed by atoms with E-state index in [2.05, 4.69) is 25.9 Å². The van der Waals surface area contributed by atoms with Crippen molar-refractivity contribution in [2.24, 2.45) is 4.99 Å². The van der Waals surface area contributed by atoms with E-state index in [1.54, 1.807) is 6.07 Å². The summed E-state index contributed by atoms with van der Waals surface area (Å²) in [5.74, 6) is 0.148. The lowest BCUT2D eigenvalue weighted by atomic mass is 9.93. The van der Waals surface area contributed by atoms with Gasteiger partial charge in [-0.2, -0.15) is 0 Å². The molecule has 9 heteroatoms. The summed E-state index contributed by atoms with van der Waals surface area (Å²) in [5.41, 5.74) is -0.772. The van der Waals surface area contributed by atoms with Crippen LogP contribution in [0.3, 0.4) is 0 Å². The molecule has 7 nitrogen and oxygen atoms in total. The van der Waals surface area contributed by atoms with Crippen molar-refractivity contribution < 1.29 is 13.9 Å². The lowest BCUT2D eigenvalue weighted by Crippen LogP contribution is -2.57. The fourth-order valence-corrected chi connectivity index (χ4v) is 2.52. The first-order chi connectivity index (χ1) is 13.1. The number of ether oxygens (including phenoxy) is 1. The lowest BCUT2D eigenvalue weighted by Gasteiger charge is -2.34. The molecule has 1 rings (SSSR count). The SMILES string of the molecule is CCNC(=NCc1ncccc1F)NCC(CC)(CC)NC(=O)OC(C)(C)C.I. The minimum absolute atomic E-state index is 0. The number of aromatic nitrogens is 1. The van der Waals surface area contributed by atoms with Gasteiger partial charge >= 0.3 is 6.09 Å².